The highest BCUT2D eigenvalue weighted by Gasteiger charge is 2.20. The molecular formula is C19H32N3O2+. The minimum absolute atomic E-state index is 0.0339. The molecule has 0 bridgehead atoms. The zero-order chi connectivity index (χ0) is 18.3. The lowest BCUT2D eigenvalue weighted by Crippen LogP contribution is -3.14. The first-order valence-electron chi connectivity index (χ1n) is 8.65. The molecular weight excluding hydrogens is 302 g/mol. The van der Waals surface area contributed by atoms with Crippen LogP contribution in [0.25, 0.3) is 0 Å². The zero-order valence-corrected chi connectivity index (χ0v) is 15.8. The fourth-order valence-electron chi connectivity index (χ4n) is 2.39. The standard InChI is InChI=1S/C19H31N3O2/c1-7-22(13-18(24)21-19(4,5)6)12-17(23)20-16-10-8-15(9-11-16)14(2)3/h8-11,14H,7,12-13H2,1-6H3,(H,20,23)(H,21,24)/p+1. The van der Waals surface area contributed by atoms with Gasteiger partial charge in [-0.2, -0.15) is 0 Å². The molecule has 0 aliphatic rings. The number of likely N-dealkylation sites (N-methyl/N-ethyl adjacent to an activating group) is 1. The van der Waals surface area contributed by atoms with Crippen LogP contribution in [0.15, 0.2) is 24.3 Å². The molecule has 0 heterocycles. The van der Waals surface area contributed by atoms with Gasteiger partial charge in [0.25, 0.3) is 11.8 Å². The maximum absolute atomic E-state index is 12.2. The van der Waals surface area contributed by atoms with Crippen LogP contribution in [0.2, 0.25) is 0 Å². The minimum atomic E-state index is -0.254. The summed E-state index contributed by atoms with van der Waals surface area (Å²) in [5.41, 5.74) is 1.78. The van der Waals surface area contributed by atoms with E-state index >= 15 is 0 Å². The maximum Gasteiger partial charge on any atom is 0.279 e. The van der Waals surface area contributed by atoms with E-state index in [0.29, 0.717) is 12.5 Å². The van der Waals surface area contributed by atoms with Gasteiger partial charge in [0, 0.05) is 11.2 Å². The monoisotopic (exact) mass is 334 g/mol. The smallest absolute Gasteiger partial charge is 0.279 e. The van der Waals surface area contributed by atoms with Crippen LogP contribution in [-0.2, 0) is 9.59 Å². The lowest BCUT2D eigenvalue weighted by atomic mass is 10.0. The van der Waals surface area contributed by atoms with Crippen molar-refractivity contribution in [1.29, 1.82) is 0 Å². The van der Waals surface area contributed by atoms with Crippen molar-refractivity contribution in [1.82, 2.24) is 5.32 Å². The van der Waals surface area contributed by atoms with Gasteiger partial charge in [-0.3, -0.25) is 9.59 Å². The second-order valence-corrected chi connectivity index (χ2v) is 7.58. The van der Waals surface area contributed by atoms with Crippen LogP contribution in [-0.4, -0.2) is 37.0 Å². The minimum Gasteiger partial charge on any atom is -0.347 e. The predicted octanol–water partition coefficient (Wildman–Crippen LogP) is 1.57. The van der Waals surface area contributed by atoms with Crippen molar-refractivity contribution in [3.63, 3.8) is 0 Å². The van der Waals surface area contributed by atoms with E-state index in [1.54, 1.807) is 0 Å². The number of amides is 2. The summed E-state index contributed by atoms with van der Waals surface area (Å²) in [6.07, 6.45) is 0. The molecule has 24 heavy (non-hydrogen) atoms. The average Bonchev–Trinajstić information content (AvgIpc) is 2.44. The van der Waals surface area contributed by atoms with Crippen LogP contribution in [0.3, 0.4) is 0 Å². The van der Waals surface area contributed by atoms with Crippen LogP contribution in [0.5, 0.6) is 0 Å². The first-order valence-corrected chi connectivity index (χ1v) is 8.65. The fourth-order valence-corrected chi connectivity index (χ4v) is 2.39. The van der Waals surface area contributed by atoms with Gasteiger partial charge in [-0.05, 0) is 51.3 Å². The molecule has 5 heteroatoms. The summed E-state index contributed by atoms with van der Waals surface area (Å²) in [5.74, 6) is 0.359. The number of carbonyl (C=O) groups excluding carboxylic acids is 2. The molecule has 1 rings (SSSR count). The van der Waals surface area contributed by atoms with Crippen molar-refractivity contribution in [2.75, 3.05) is 25.0 Å². The van der Waals surface area contributed by atoms with Gasteiger partial charge in [0.05, 0.1) is 6.54 Å². The van der Waals surface area contributed by atoms with Gasteiger partial charge >= 0.3 is 0 Å². The highest BCUT2D eigenvalue weighted by Crippen LogP contribution is 2.16. The highest BCUT2D eigenvalue weighted by atomic mass is 16.2. The quantitative estimate of drug-likeness (QED) is 0.709. The van der Waals surface area contributed by atoms with Crippen LogP contribution in [0.1, 0.15) is 53.0 Å². The first kappa shape index (κ1) is 20.2. The number of nitrogens with one attached hydrogen (secondary N) is 3. The predicted molar refractivity (Wildman–Crippen MR) is 98.3 cm³/mol. The molecule has 1 atom stereocenters. The number of quaternary nitrogens is 1. The molecule has 0 fully saturated rings. The molecule has 134 valence electrons. The summed E-state index contributed by atoms with van der Waals surface area (Å²) < 4.78 is 0. The molecule has 1 unspecified atom stereocenters. The second-order valence-electron chi connectivity index (χ2n) is 7.58. The number of hydrogen-bond acceptors (Lipinski definition) is 2. The van der Waals surface area contributed by atoms with Crippen molar-refractivity contribution in [2.45, 2.75) is 53.0 Å². The summed E-state index contributed by atoms with van der Waals surface area (Å²) in [4.78, 5) is 25.1. The molecule has 0 saturated heterocycles. The number of anilines is 1. The fraction of sp³-hybridized carbons (Fsp3) is 0.579. The Balaban J connectivity index is 2.53. The Kier molecular flexibility index (Phi) is 7.42. The zero-order valence-electron chi connectivity index (χ0n) is 15.8. The molecule has 0 saturated carbocycles. The van der Waals surface area contributed by atoms with E-state index in [-0.39, 0.29) is 23.9 Å². The van der Waals surface area contributed by atoms with Crippen molar-refractivity contribution in [3.8, 4) is 0 Å². The summed E-state index contributed by atoms with van der Waals surface area (Å²) in [7, 11) is 0. The van der Waals surface area contributed by atoms with Crippen molar-refractivity contribution in [2.24, 2.45) is 0 Å². The second kappa shape index (κ2) is 8.83. The lowest BCUT2D eigenvalue weighted by molar-refractivity contribution is -0.881. The Hall–Kier alpha value is -1.88. The third kappa shape index (κ3) is 7.59. The van der Waals surface area contributed by atoms with Gasteiger partial charge in [-0.25, -0.2) is 0 Å². The van der Waals surface area contributed by atoms with Crippen molar-refractivity contribution < 1.29 is 14.5 Å². The molecule has 5 nitrogen and oxygen atoms in total. The molecule has 0 aliphatic heterocycles. The van der Waals surface area contributed by atoms with Gasteiger partial charge in [0.15, 0.2) is 13.1 Å². The van der Waals surface area contributed by atoms with Gasteiger partial charge < -0.3 is 15.5 Å². The maximum atomic E-state index is 12.2. The third-order valence-electron chi connectivity index (χ3n) is 3.70. The largest absolute Gasteiger partial charge is 0.347 e. The molecule has 0 aromatic heterocycles. The molecule has 1 aromatic rings. The molecule has 2 amide bonds. The Morgan fingerprint density at radius 3 is 2.04 bits per heavy atom. The average molecular weight is 334 g/mol. The molecule has 1 aromatic carbocycles. The summed E-state index contributed by atoms with van der Waals surface area (Å²) in [5, 5.41) is 5.84. The lowest BCUT2D eigenvalue weighted by Gasteiger charge is -2.23. The van der Waals surface area contributed by atoms with Gasteiger partial charge in [-0.15, -0.1) is 0 Å². The van der Waals surface area contributed by atoms with E-state index in [0.717, 1.165) is 17.1 Å². The van der Waals surface area contributed by atoms with Crippen LogP contribution < -0.4 is 15.5 Å². The van der Waals surface area contributed by atoms with E-state index in [4.69, 9.17) is 0 Å². The Morgan fingerprint density at radius 1 is 1.04 bits per heavy atom. The van der Waals surface area contributed by atoms with Crippen LogP contribution in [0.4, 0.5) is 5.69 Å². The number of benzene rings is 1. The molecule has 0 aliphatic carbocycles. The Bertz CT molecular complexity index is 545. The summed E-state index contributed by atoms with van der Waals surface area (Å²) in [6, 6.07) is 7.90. The van der Waals surface area contributed by atoms with Crippen LogP contribution in [0, 0.1) is 0 Å². The van der Waals surface area contributed by atoms with E-state index in [9.17, 15) is 9.59 Å². The van der Waals surface area contributed by atoms with Gasteiger partial charge in [-0.1, -0.05) is 26.0 Å². The SMILES string of the molecule is CC[NH+](CC(=O)Nc1ccc(C(C)C)cc1)CC(=O)NC(C)(C)C. The van der Waals surface area contributed by atoms with Crippen molar-refractivity contribution in [3.05, 3.63) is 29.8 Å². The number of rotatable bonds is 7. The number of carbonyl (C=O) groups is 2. The normalized spacial score (nSPS) is 12.8. The van der Waals surface area contributed by atoms with E-state index < -0.39 is 0 Å². The van der Waals surface area contributed by atoms with E-state index in [1.165, 1.54) is 5.56 Å². The van der Waals surface area contributed by atoms with E-state index in [2.05, 4.69) is 24.5 Å². The Labute approximate surface area is 145 Å². The molecule has 0 spiro atoms. The van der Waals surface area contributed by atoms with Crippen LogP contribution >= 0.6 is 0 Å². The van der Waals surface area contributed by atoms with Gasteiger partial charge in [0.2, 0.25) is 0 Å². The highest BCUT2D eigenvalue weighted by molar-refractivity contribution is 5.91. The number of hydrogen-bond donors (Lipinski definition) is 3. The summed E-state index contributed by atoms with van der Waals surface area (Å²) in [6.45, 7) is 13.4. The van der Waals surface area contributed by atoms with Crippen molar-refractivity contribution >= 4 is 17.5 Å². The molecule has 3 N–H and O–H groups in total. The molecule has 0 radical (unpaired) electrons. The Morgan fingerprint density at radius 2 is 1.58 bits per heavy atom. The topological polar surface area (TPSA) is 62.6 Å². The van der Waals surface area contributed by atoms with Gasteiger partial charge in [0.1, 0.15) is 0 Å². The third-order valence-corrected chi connectivity index (χ3v) is 3.70. The summed E-state index contributed by atoms with van der Waals surface area (Å²) >= 11 is 0. The van der Waals surface area contributed by atoms with E-state index in [1.807, 2.05) is 52.0 Å². The first-order chi connectivity index (χ1) is 11.1.